The molecule has 1 saturated carbocycles. The highest BCUT2D eigenvalue weighted by Gasteiger charge is 2.45. The lowest BCUT2D eigenvalue weighted by Gasteiger charge is -2.32. The molecule has 0 heterocycles. The van der Waals surface area contributed by atoms with E-state index in [1.807, 2.05) is 31.2 Å². The van der Waals surface area contributed by atoms with Crippen LogP contribution in [0.3, 0.4) is 0 Å². The molecule has 0 spiro atoms. The molecule has 2 N–H and O–H groups in total. The molecule has 20 heavy (non-hydrogen) atoms. The average molecular weight is 279 g/mol. The molecule has 2 rings (SSSR count). The van der Waals surface area contributed by atoms with Crippen LogP contribution in [0.15, 0.2) is 24.3 Å². The van der Waals surface area contributed by atoms with Gasteiger partial charge in [-0.15, -0.1) is 0 Å². The zero-order valence-electron chi connectivity index (χ0n) is 12.4. The molecule has 0 bridgehead atoms. The van der Waals surface area contributed by atoms with E-state index >= 15 is 0 Å². The van der Waals surface area contributed by atoms with Gasteiger partial charge >= 0.3 is 0 Å². The summed E-state index contributed by atoms with van der Waals surface area (Å²) in [5, 5.41) is 13.2. The quantitative estimate of drug-likeness (QED) is 0.728. The van der Waals surface area contributed by atoms with E-state index in [0.29, 0.717) is 19.1 Å². The second-order valence-corrected chi connectivity index (χ2v) is 5.32. The SMILES string of the molecule is CCNC(CO)(COc1cccc(OCC)c1)C1CC1. The second-order valence-electron chi connectivity index (χ2n) is 5.32. The number of aliphatic hydroxyl groups is 1. The summed E-state index contributed by atoms with van der Waals surface area (Å²) in [5.74, 6) is 2.12. The molecule has 1 fully saturated rings. The monoisotopic (exact) mass is 279 g/mol. The van der Waals surface area contributed by atoms with E-state index in [1.54, 1.807) is 0 Å². The molecule has 1 aliphatic rings. The van der Waals surface area contributed by atoms with Gasteiger partial charge in [-0.2, -0.15) is 0 Å². The van der Waals surface area contributed by atoms with Crippen LogP contribution in [0.5, 0.6) is 11.5 Å². The summed E-state index contributed by atoms with van der Waals surface area (Å²) in [4.78, 5) is 0. The molecule has 1 atom stereocenters. The van der Waals surface area contributed by atoms with Crippen LogP contribution in [0, 0.1) is 5.92 Å². The van der Waals surface area contributed by atoms with Gasteiger partial charge < -0.3 is 19.9 Å². The molecule has 1 aliphatic carbocycles. The van der Waals surface area contributed by atoms with Crippen LogP contribution < -0.4 is 14.8 Å². The summed E-state index contributed by atoms with van der Waals surface area (Å²) in [6.45, 7) is 6.09. The molecular formula is C16H25NO3. The molecule has 0 amide bonds. The number of benzene rings is 1. The fourth-order valence-corrected chi connectivity index (χ4v) is 2.56. The molecule has 112 valence electrons. The molecule has 4 nitrogen and oxygen atoms in total. The molecule has 1 aromatic carbocycles. The first-order valence-electron chi connectivity index (χ1n) is 7.45. The van der Waals surface area contributed by atoms with Crippen molar-refractivity contribution in [1.29, 1.82) is 0 Å². The summed E-state index contributed by atoms with van der Waals surface area (Å²) in [6.07, 6.45) is 2.33. The Kier molecular flexibility index (Phi) is 5.26. The van der Waals surface area contributed by atoms with E-state index in [2.05, 4.69) is 12.2 Å². The fraction of sp³-hybridized carbons (Fsp3) is 0.625. The van der Waals surface area contributed by atoms with Gasteiger partial charge in [0.25, 0.3) is 0 Å². The molecule has 4 heteroatoms. The lowest BCUT2D eigenvalue weighted by molar-refractivity contribution is 0.0863. The van der Waals surface area contributed by atoms with Crippen molar-refractivity contribution in [3.05, 3.63) is 24.3 Å². The first-order valence-corrected chi connectivity index (χ1v) is 7.45. The topological polar surface area (TPSA) is 50.7 Å². The van der Waals surface area contributed by atoms with Crippen molar-refractivity contribution in [1.82, 2.24) is 5.32 Å². The summed E-state index contributed by atoms with van der Waals surface area (Å²) in [7, 11) is 0. The first kappa shape index (κ1) is 15.1. The van der Waals surface area contributed by atoms with E-state index in [9.17, 15) is 5.11 Å². The summed E-state index contributed by atoms with van der Waals surface area (Å²) in [6, 6.07) is 7.65. The highest BCUT2D eigenvalue weighted by molar-refractivity contribution is 5.33. The molecule has 0 aromatic heterocycles. The van der Waals surface area contributed by atoms with Gasteiger partial charge in [-0.1, -0.05) is 13.0 Å². The maximum atomic E-state index is 9.77. The Morgan fingerprint density at radius 2 is 1.95 bits per heavy atom. The zero-order valence-corrected chi connectivity index (χ0v) is 12.4. The fourth-order valence-electron chi connectivity index (χ4n) is 2.56. The van der Waals surface area contributed by atoms with Crippen LogP contribution in [-0.4, -0.2) is 37.0 Å². The largest absolute Gasteiger partial charge is 0.494 e. The van der Waals surface area contributed by atoms with E-state index in [-0.39, 0.29) is 12.1 Å². The van der Waals surface area contributed by atoms with Crippen molar-refractivity contribution < 1.29 is 14.6 Å². The Morgan fingerprint density at radius 3 is 2.50 bits per heavy atom. The minimum atomic E-state index is -0.309. The summed E-state index contributed by atoms with van der Waals surface area (Å²) >= 11 is 0. The van der Waals surface area contributed by atoms with Crippen molar-refractivity contribution in [2.45, 2.75) is 32.2 Å². The van der Waals surface area contributed by atoms with Gasteiger partial charge in [0.1, 0.15) is 18.1 Å². The zero-order chi connectivity index (χ0) is 14.4. The molecular weight excluding hydrogens is 254 g/mol. The highest BCUT2D eigenvalue weighted by Crippen LogP contribution is 2.40. The molecule has 0 saturated heterocycles. The minimum absolute atomic E-state index is 0.108. The predicted octanol–water partition coefficient (Wildman–Crippen LogP) is 2.21. The molecule has 1 unspecified atom stereocenters. The Hall–Kier alpha value is -1.26. The Labute approximate surface area is 121 Å². The minimum Gasteiger partial charge on any atom is -0.494 e. The van der Waals surface area contributed by atoms with Gasteiger partial charge in [0.05, 0.1) is 18.8 Å². The van der Waals surface area contributed by atoms with E-state index in [4.69, 9.17) is 9.47 Å². The van der Waals surface area contributed by atoms with Crippen LogP contribution in [0.25, 0.3) is 0 Å². The van der Waals surface area contributed by atoms with Crippen molar-refractivity contribution in [2.24, 2.45) is 5.92 Å². The predicted molar refractivity (Wildman–Crippen MR) is 79.3 cm³/mol. The average Bonchev–Trinajstić information content (AvgIpc) is 3.29. The molecule has 0 aliphatic heterocycles. The van der Waals surface area contributed by atoms with Crippen LogP contribution >= 0.6 is 0 Å². The smallest absolute Gasteiger partial charge is 0.123 e. The Bertz CT molecular complexity index is 420. The van der Waals surface area contributed by atoms with Crippen molar-refractivity contribution >= 4 is 0 Å². The van der Waals surface area contributed by atoms with Crippen molar-refractivity contribution in [2.75, 3.05) is 26.4 Å². The summed E-state index contributed by atoms with van der Waals surface area (Å²) in [5.41, 5.74) is -0.309. The number of hydrogen-bond donors (Lipinski definition) is 2. The van der Waals surface area contributed by atoms with Crippen LogP contribution in [0.4, 0.5) is 0 Å². The summed E-state index contributed by atoms with van der Waals surface area (Å²) < 4.78 is 11.4. The van der Waals surface area contributed by atoms with E-state index in [0.717, 1.165) is 30.9 Å². The van der Waals surface area contributed by atoms with Crippen molar-refractivity contribution in [3.8, 4) is 11.5 Å². The first-order chi connectivity index (χ1) is 9.74. The maximum absolute atomic E-state index is 9.77. The van der Waals surface area contributed by atoms with Crippen LogP contribution in [0.1, 0.15) is 26.7 Å². The Morgan fingerprint density at radius 1 is 1.25 bits per heavy atom. The third kappa shape index (κ3) is 3.64. The number of hydrogen-bond acceptors (Lipinski definition) is 4. The number of nitrogens with one attached hydrogen (secondary N) is 1. The van der Waals surface area contributed by atoms with Crippen molar-refractivity contribution in [3.63, 3.8) is 0 Å². The highest BCUT2D eigenvalue weighted by atomic mass is 16.5. The van der Waals surface area contributed by atoms with Gasteiger partial charge in [0.2, 0.25) is 0 Å². The van der Waals surface area contributed by atoms with Gasteiger partial charge in [0, 0.05) is 6.07 Å². The number of likely N-dealkylation sites (N-methyl/N-ethyl adjacent to an activating group) is 1. The lowest BCUT2D eigenvalue weighted by atomic mass is 9.95. The molecule has 0 radical (unpaired) electrons. The molecule has 1 aromatic rings. The van der Waals surface area contributed by atoms with E-state index in [1.165, 1.54) is 0 Å². The number of rotatable bonds is 9. The van der Waals surface area contributed by atoms with Gasteiger partial charge in [0.15, 0.2) is 0 Å². The maximum Gasteiger partial charge on any atom is 0.123 e. The number of aliphatic hydroxyl groups excluding tert-OH is 1. The lowest BCUT2D eigenvalue weighted by Crippen LogP contribution is -2.55. The van der Waals surface area contributed by atoms with Crippen LogP contribution in [-0.2, 0) is 0 Å². The standard InChI is InChI=1S/C16H25NO3/c1-3-17-16(11-18,13-8-9-13)12-20-15-7-5-6-14(10-15)19-4-2/h5-7,10,13,17-18H,3-4,8-9,11-12H2,1-2H3. The van der Waals surface area contributed by atoms with E-state index < -0.39 is 0 Å². The van der Waals surface area contributed by atoms with Crippen LogP contribution in [0.2, 0.25) is 0 Å². The second kappa shape index (κ2) is 6.95. The Balaban J connectivity index is 1.99. The van der Waals surface area contributed by atoms with Gasteiger partial charge in [-0.3, -0.25) is 0 Å². The normalized spacial score (nSPS) is 17.6. The third-order valence-electron chi connectivity index (χ3n) is 3.78. The van der Waals surface area contributed by atoms with Gasteiger partial charge in [-0.05, 0) is 44.4 Å². The third-order valence-corrected chi connectivity index (χ3v) is 3.78. The van der Waals surface area contributed by atoms with Gasteiger partial charge in [-0.25, -0.2) is 0 Å². The number of ether oxygens (including phenoxy) is 2.